The Hall–Kier alpha value is -3.78. The van der Waals surface area contributed by atoms with Crippen LogP contribution in [0.1, 0.15) is 15.9 Å². The Morgan fingerprint density at radius 3 is 2.37 bits per heavy atom. The quantitative estimate of drug-likeness (QED) is 0.491. The van der Waals surface area contributed by atoms with Crippen LogP contribution in [0.2, 0.25) is 0 Å². The molecule has 3 aromatic carbocycles. The third kappa shape index (κ3) is 4.28. The molecule has 2 N–H and O–H groups in total. The molecule has 0 spiro atoms. The number of nitrogens with zero attached hydrogens (tertiary/aromatic N) is 3. The molecule has 0 aliphatic rings. The summed E-state index contributed by atoms with van der Waals surface area (Å²) in [4.78, 5) is 13.9. The van der Waals surface area contributed by atoms with Gasteiger partial charge in [-0.15, -0.1) is 10.2 Å². The number of amides is 1. The van der Waals surface area contributed by atoms with Crippen LogP contribution in [0, 0.1) is 6.92 Å². The van der Waals surface area contributed by atoms with Crippen molar-refractivity contribution in [1.82, 2.24) is 20.3 Å². The topological polar surface area (TPSA) is 81.1 Å². The highest BCUT2D eigenvalue weighted by Gasteiger charge is 2.10. The Morgan fingerprint density at radius 2 is 1.67 bits per heavy atom. The number of aryl methyl sites for hydroxylation is 1. The number of hydrogen-bond donors (Lipinski definition) is 2. The van der Waals surface area contributed by atoms with Crippen LogP contribution in [0.25, 0.3) is 16.7 Å². The zero-order valence-electron chi connectivity index (χ0n) is 16.4. The van der Waals surface area contributed by atoms with Crippen molar-refractivity contribution in [3.8, 4) is 11.4 Å². The Labute approximate surface area is 178 Å². The van der Waals surface area contributed by atoms with Crippen LogP contribution in [0.3, 0.4) is 0 Å². The Kier molecular flexibility index (Phi) is 5.40. The normalized spacial score (nSPS) is 10.6. The molecule has 0 saturated heterocycles. The predicted molar refractivity (Wildman–Crippen MR) is 120 cm³/mol. The minimum absolute atomic E-state index is 0.195. The molecule has 0 aliphatic heterocycles. The van der Waals surface area contributed by atoms with E-state index < -0.39 is 0 Å². The maximum absolute atomic E-state index is 12.3. The van der Waals surface area contributed by atoms with Gasteiger partial charge in [-0.25, -0.2) is 0 Å². The molecule has 0 atom stereocenters. The number of carbonyl (C=O) groups excluding carboxylic acids is 1. The van der Waals surface area contributed by atoms with Gasteiger partial charge < -0.3 is 10.1 Å². The molecule has 150 valence electrons. The number of thiocarbonyl (C=S) groups is 1. The van der Waals surface area contributed by atoms with Crippen molar-refractivity contribution in [3.63, 3.8) is 0 Å². The van der Waals surface area contributed by atoms with Gasteiger partial charge in [0.05, 0.1) is 12.8 Å². The van der Waals surface area contributed by atoms with E-state index in [4.69, 9.17) is 17.0 Å². The summed E-state index contributed by atoms with van der Waals surface area (Å²) in [5.74, 6) is 0.376. The highest BCUT2D eigenvalue weighted by atomic mass is 32.1. The first-order valence-corrected chi connectivity index (χ1v) is 9.63. The molecule has 1 aromatic heterocycles. The molecule has 0 fully saturated rings. The lowest BCUT2D eigenvalue weighted by molar-refractivity contribution is 0.0977. The molecule has 1 heterocycles. The first-order chi connectivity index (χ1) is 14.5. The lowest BCUT2D eigenvalue weighted by Crippen LogP contribution is -2.34. The first kappa shape index (κ1) is 19.5. The highest BCUT2D eigenvalue weighted by Crippen LogP contribution is 2.18. The van der Waals surface area contributed by atoms with Crippen molar-refractivity contribution in [2.75, 3.05) is 12.4 Å². The van der Waals surface area contributed by atoms with Crippen molar-refractivity contribution in [1.29, 1.82) is 0 Å². The average molecular weight is 417 g/mol. The second kappa shape index (κ2) is 8.30. The molecule has 0 aliphatic carbocycles. The van der Waals surface area contributed by atoms with Gasteiger partial charge in [0.25, 0.3) is 5.91 Å². The molecule has 8 heteroatoms. The molecule has 7 nitrogen and oxygen atoms in total. The number of hydrogen-bond acceptors (Lipinski definition) is 5. The first-order valence-electron chi connectivity index (χ1n) is 9.22. The van der Waals surface area contributed by atoms with Crippen LogP contribution in [-0.4, -0.2) is 33.1 Å². The number of anilines is 1. The van der Waals surface area contributed by atoms with Crippen molar-refractivity contribution in [3.05, 3.63) is 77.9 Å². The second-order valence-corrected chi connectivity index (χ2v) is 7.07. The SMILES string of the molecule is COc1ccc(C(=O)NC(=S)Nc2ccc3nn(-c4ccc(C)cc4)nc3c2)cc1. The van der Waals surface area contributed by atoms with Gasteiger partial charge in [0.1, 0.15) is 16.8 Å². The maximum Gasteiger partial charge on any atom is 0.257 e. The van der Waals surface area contributed by atoms with Gasteiger partial charge in [-0.1, -0.05) is 17.7 Å². The van der Waals surface area contributed by atoms with Gasteiger partial charge in [-0.3, -0.25) is 10.1 Å². The van der Waals surface area contributed by atoms with Gasteiger partial charge in [0, 0.05) is 11.3 Å². The van der Waals surface area contributed by atoms with Gasteiger partial charge >= 0.3 is 0 Å². The zero-order chi connectivity index (χ0) is 21.1. The lowest BCUT2D eigenvalue weighted by atomic mass is 10.2. The van der Waals surface area contributed by atoms with Crippen molar-refractivity contribution < 1.29 is 9.53 Å². The van der Waals surface area contributed by atoms with Crippen LogP contribution in [-0.2, 0) is 0 Å². The molecule has 4 aromatic rings. The number of ether oxygens (including phenoxy) is 1. The molecule has 30 heavy (non-hydrogen) atoms. The summed E-state index contributed by atoms with van der Waals surface area (Å²) in [5.41, 5.74) is 4.72. The summed E-state index contributed by atoms with van der Waals surface area (Å²) in [6.07, 6.45) is 0. The lowest BCUT2D eigenvalue weighted by Gasteiger charge is -2.09. The standard InChI is InChI=1S/C22H19N5O2S/c1-14-3-8-17(9-4-14)27-25-19-12-7-16(13-20(19)26-27)23-22(30)24-21(28)15-5-10-18(29-2)11-6-15/h3-13H,1-2H3,(H2,23,24,28,30). The fraction of sp³-hybridized carbons (Fsp3) is 0.0909. The van der Waals surface area contributed by atoms with Crippen molar-refractivity contribution in [2.24, 2.45) is 0 Å². The number of benzene rings is 3. The van der Waals surface area contributed by atoms with E-state index in [2.05, 4.69) is 20.8 Å². The highest BCUT2D eigenvalue weighted by molar-refractivity contribution is 7.80. The van der Waals surface area contributed by atoms with Crippen LogP contribution in [0.4, 0.5) is 5.69 Å². The van der Waals surface area contributed by atoms with E-state index in [-0.39, 0.29) is 11.0 Å². The summed E-state index contributed by atoms with van der Waals surface area (Å²) >= 11 is 5.27. The smallest absolute Gasteiger partial charge is 0.257 e. The summed E-state index contributed by atoms with van der Waals surface area (Å²) in [7, 11) is 1.57. The Balaban J connectivity index is 1.45. The average Bonchev–Trinajstić information content (AvgIpc) is 3.17. The molecule has 1 amide bonds. The maximum atomic E-state index is 12.3. The van der Waals surface area contributed by atoms with Crippen LogP contribution in [0.15, 0.2) is 66.7 Å². The van der Waals surface area contributed by atoms with E-state index in [0.717, 1.165) is 11.2 Å². The summed E-state index contributed by atoms with van der Waals surface area (Å²) in [6.45, 7) is 2.03. The van der Waals surface area contributed by atoms with Gasteiger partial charge in [0.15, 0.2) is 5.11 Å². The summed E-state index contributed by atoms with van der Waals surface area (Å²) in [5, 5.41) is 14.9. The minimum Gasteiger partial charge on any atom is -0.497 e. The van der Waals surface area contributed by atoms with Gasteiger partial charge in [0.2, 0.25) is 0 Å². The van der Waals surface area contributed by atoms with E-state index in [1.807, 2.05) is 49.4 Å². The number of rotatable bonds is 4. The van der Waals surface area contributed by atoms with E-state index in [0.29, 0.717) is 22.5 Å². The third-order valence-electron chi connectivity index (χ3n) is 4.48. The van der Waals surface area contributed by atoms with E-state index in [1.54, 1.807) is 36.2 Å². The predicted octanol–water partition coefficient (Wildman–Crippen LogP) is 3.86. The molecule has 0 bridgehead atoms. The minimum atomic E-state index is -0.304. The Bertz CT molecular complexity index is 1220. The van der Waals surface area contributed by atoms with Gasteiger partial charge in [-0.05, 0) is 73.7 Å². The number of aromatic nitrogens is 3. The molecule has 0 unspecified atom stereocenters. The van der Waals surface area contributed by atoms with E-state index >= 15 is 0 Å². The van der Waals surface area contributed by atoms with Crippen molar-refractivity contribution in [2.45, 2.75) is 6.92 Å². The number of fused-ring (bicyclic) bond motifs is 1. The fourth-order valence-corrected chi connectivity index (χ4v) is 3.08. The van der Waals surface area contributed by atoms with E-state index in [9.17, 15) is 4.79 Å². The molecule has 0 radical (unpaired) electrons. The molecular formula is C22H19N5O2S. The number of nitrogens with one attached hydrogen (secondary N) is 2. The summed E-state index contributed by atoms with van der Waals surface area (Å²) in [6, 6.07) is 20.3. The van der Waals surface area contributed by atoms with E-state index in [1.165, 1.54) is 5.56 Å². The zero-order valence-corrected chi connectivity index (χ0v) is 17.2. The number of methoxy groups -OCH3 is 1. The number of carbonyl (C=O) groups is 1. The molecular weight excluding hydrogens is 398 g/mol. The monoisotopic (exact) mass is 417 g/mol. The van der Waals surface area contributed by atoms with Crippen molar-refractivity contribution >= 4 is 40.0 Å². The van der Waals surface area contributed by atoms with Crippen LogP contribution < -0.4 is 15.4 Å². The molecule has 0 saturated carbocycles. The largest absolute Gasteiger partial charge is 0.497 e. The van der Waals surface area contributed by atoms with Crippen LogP contribution in [0.5, 0.6) is 5.75 Å². The molecule has 4 rings (SSSR count). The second-order valence-electron chi connectivity index (χ2n) is 6.67. The fourth-order valence-electron chi connectivity index (χ4n) is 2.87. The van der Waals surface area contributed by atoms with Gasteiger partial charge in [-0.2, -0.15) is 4.80 Å². The third-order valence-corrected chi connectivity index (χ3v) is 4.69. The Morgan fingerprint density at radius 1 is 0.967 bits per heavy atom. The van der Waals surface area contributed by atoms with Crippen LogP contribution >= 0.6 is 12.2 Å². The summed E-state index contributed by atoms with van der Waals surface area (Å²) < 4.78 is 5.10.